The molecule has 2 aliphatic rings. The molecule has 0 bridgehead atoms. The van der Waals surface area contributed by atoms with E-state index in [0.29, 0.717) is 11.1 Å². The van der Waals surface area contributed by atoms with E-state index in [2.05, 4.69) is 10.0 Å². The first-order valence-electron chi connectivity index (χ1n) is 6.30. The van der Waals surface area contributed by atoms with E-state index in [4.69, 9.17) is 5.53 Å². The van der Waals surface area contributed by atoms with Crippen LogP contribution in [-0.2, 0) is 4.79 Å². The van der Waals surface area contributed by atoms with E-state index in [1.165, 1.54) is 18.2 Å². The Hall–Kier alpha value is -2.98. The number of nitrogens with zero attached hydrogens (tertiary/aromatic N) is 3. The average Bonchev–Trinajstić information content (AvgIpc) is 2.52. The number of amides is 1. The maximum Gasteiger partial charge on any atom is 0.248 e. The Morgan fingerprint density at radius 2 is 1.71 bits per heavy atom. The summed E-state index contributed by atoms with van der Waals surface area (Å²) in [5, 5.41) is 3.00. The number of carbonyl (C=O) groups is 3. The van der Waals surface area contributed by atoms with Crippen LogP contribution in [0, 0.1) is 11.8 Å². The van der Waals surface area contributed by atoms with E-state index < -0.39 is 17.7 Å². The van der Waals surface area contributed by atoms with Crippen molar-refractivity contribution < 1.29 is 14.4 Å². The summed E-state index contributed by atoms with van der Waals surface area (Å²) in [4.78, 5) is 38.9. The number of rotatable bonds is 1. The molecule has 0 fully saturated rings. The number of hydrogen-bond donors (Lipinski definition) is 0. The Morgan fingerprint density at radius 1 is 1.10 bits per heavy atom. The first kappa shape index (κ1) is 13.0. The third kappa shape index (κ3) is 1.98. The van der Waals surface area contributed by atoms with Crippen molar-refractivity contribution in [3.05, 3.63) is 69.6 Å². The van der Waals surface area contributed by atoms with Gasteiger partial charge in [-0.1, -0.05) is 42.5 Å². The number of fused-ring (bicyclic) bond motifs is 2. The van der Waals surface area contributed by atoms with E-state index in [1.54, 1.807) is 24.3 Å². The molecule has 21 heavy (non-hydrogen) atoms. The van der Waals surface area contributed by atoms with Crippen LogP contribution in [0.5, 0.6) is 0 Å². The lowest BCUT2D eigenvalue weighted by atomic mass is 9.71. The van der Waals surface area contributed by atoms with Gasteiger partial charge in [0, 0.05) is 21.6 Å². The van der Waals surface area contributed by atoms with Gasteiger partial charge in [-0.2, -0.15) is 0 Å². The second-order valence-corrected chi connectivity index (χ2v) is 4.80. The molecule has 3 rings (SSSR count). The molecule has 0 radical (unpaired) electrons. The zero-order chi connectivity index (χ0) is 15.0. The Balaban J connectivity index is 2.07. The standard InChI is InChI=1S/C15H9N3O3/c16-18-17-15(21)8-5-6-11-12(7-8)14(20)10-4-2-1-3-9(10)13(11)19/h1-7,11-12H. The zero-order valence-electron chi connectivity index (χ0n) is 10.8. The first-order chi connectivity index (χ1) is 10.1. The number of benzene rings is 1. The van der Waals surface area contributed by atoms with Crippen molar-refractivity contribution >= 4 is 17.5 Å². The van der Waals surface area contributed by atoms with Gasteiger partial charge >= 0.3 is 0 Å². The van der Waals surface area contributed by atoms with Gasteiger partial charge in [0.1, 0.15) is 0 Å². The normalized spacial score (nSPS) is 22.8. The van der Waals surface area contributed by atoms with Gasteiger partial charge in [-0.25, -0.2) is 0 Å². The first-order valence-corrected chi connectivity index (χ1v) is 6.30. The van der Waals surface area contributed by atoms with Crippen LogP contribution < -0.4 is 0 Å². The Kier molecular flexibility index (Phi) is 3.01. The molecule has 0 N–H and O–H groups in total. The molecule has 1 amide bonds. The molecular weight excluding hydrogens is 270 g/mol. The van der Waals surface area contributed by atoms with Crippen LogP contribution in [0.1, 0.15) is 20.7 Å². The molecule has 1 aromatic rings. The van der Waals surface area contributed by atoms with Crippen molar-refractivity contribution in [2.75, 3.05) is 0 Å². The number of allylic oxidation sites excluding steroid dienone is 2. The fraction of sp³-hybridized carbons (Fsp3) is 0.133. The lowest BCUT2D eigenvalue weighted by molar-refractivity contribution is -0.114. The molecule has 2 atom stereocenters. The molecule has 0 saturated carbocycles. The van der Waals surface area contributed by atoms with Crippen molar-refractivity contribution in [3.63, 3.8) is 0 Å². The summed E-state index contributed by atoms with van der Waals surface area (Å²) < 4.78 is 0. The molecule has 1 aromatic carbocycles. The molecule has 2 unspecified atom stereocenters. The van der Waals surface area contributed by atoms with Gasteiger partial charge in [0.15, 0.2) is 11.6 Å². The minimum absolute atomic E-state index is 0.134. The van der Waals surface area contributed by atoms with Crippen LogP contribution >= 0.6 is 0 Å². The molecular formula is C15H9N3O3. The topological polar surface area (TPSA) is 100.0 Å². The van der Waals surface area contributed by atoms with Gasteiger partial charge in [0.05, 0.1) is 11.8 Å². The molecule has 0 saturated heterocycles. The summed E-state index contributed by atoms with van der Waals surface area (Å²) in [5.74, 6) is -2.42. The van der Waals surface area contributed by atoms with Gasteiger partial charge in [-0.3, -0.25) is 14.4 Å². The third-order valence-corrected chi connectivity index (χ3v) is 3.68. The third-order valence-electron chi connectivity index (χ3n) is 3.68. The van der Waals surface area contributed by atoms with E-state index in [1.807, 2.05) is 0 Å². The van der Waals surface area contributed by atoms with Gasteiger partial charge < -0.3 is 0 Å². The molecule has 0 spiro atoms. The predicted octanol–water partition coefficient (Wildman–Crippen LogP) is 2.63. The fourth-order valence-electron chi connectivity index (χ4n) is 2.68. The largest absolute Gasteiger partial charge is 0.293 e. The minimum Gasteiger partial charge on any atom is -0.293 e. The summed E-state index contributed by atoms with van der Waals surface area (Å²) in [6.45, 7) is 0. The average molecular weight is 279 g/mol. The SMILES string of the molecule is [N-]=[N+]=NC(=O)C1=CC2C(=O)c3ccccc3C(=O)C2C=C1. The highest BCUT2D eigenvalue weighted by atomic mass is 16.2. The number of hydrogen-bond acceptors (Lipinski definition) is 3. The van der Waals surface area contributed by atoms with Crippen LogP contribution in [0.2, 0.25) is 0 Å². The highest BCUT2D eigenvalue weighted by molar-refractivity contribution is 6.18. The Morgan fingerprint density at radius 3 is 2.33 bits per heavy atom. The number of ketones is 2. The van der Waals surface area contributed by atoms with Crippen molar-refractivity contribution in [2.45, 2.75) is 0 Å². The van der Waals surface area contributed by atoms with Crippen molar-refractivity contribution in [1.82, 2.24) is 0 Å². The fourth-order valence-corrected chi connectivity index (χ4v) is 2.68. The second kappa shape index (κ2) is 4.85. The lowest BCUT2D eigenvalue weighted by Crippen LogP contribution is -2.36. The Labute approximate surface area is 119 Å². The molecule has 6 heteroatoms. The summed E-state index contributed by atoms with van der Waals surface area (Å²) in [6, 6.07) is 6.64. The van der Waals surface area contributed by atoms with Crippen LogP contribution in [0.3, 0.4) is 0 Å². The van der Waals surface area contributed by atoms with Gasteiger partial charge in [-0.05, 0) is 10.6 Å². The van der Waals surface area contributed by atoms with E-state index in [0.717, 1.165) is 0 Å². The summed E-state index contributed by atoms with van der Waals surface area (Å²) in [7, 11) is 0. The quantitative estimate of drug-likeness (QED) is 0.448. The van der Waals surface area contributed by atoms with Crippen molar-refractivity contribution in [1.29, 1.82) is 0 Å². The summed E-state index contributed by atoms with van der Waals surface area (Å²) in [5.41, 5.74) is 9.20. The monoisotopic (exact) mass is 279 g/mol. The highest BCUT2D eigenvalue weighted by Crippen LogP contribution is 2.35. The maximum atomic E-state index is 12.5. The molecule has 0 heterocycles. The summed E-state index contributed by atoms with van der Waals surface area (Å²) >= 11 is 0. The van der Waals surface area contributed by atoms with Gasteiger partial charge in [-0.15, -0.1) is 0 Å². The van der Waals surface area contributed by atoms with Crippen molar-refractivity contribution in [2.24, 2.45) is 17.0 Å². The molecule has 0 aliphatic heterocycles. The molecule has 0 aromatic heterocycles. The molecule has 2 aliphatic carbocycles. The minimum atomic E-state index is -0.758. The Bertz CT molecular complexity index is 785. The van der Waals surface area contributed by atoms with E-state index >= 15 is 0 Å². The van der Waals surface area contributed by atoms with Crippen LogP contribution in [-0.4, -0.2) is 17.5 Å². The smallest absolute Gasteiger partial charge is 0.248 e. The van der Waals surface area contributed by atoms with Gasteiger partial charge in [0.2, 0.25) is 5.91 Å². The maximum absolute atomic E-state index is 12.5. The summed E-state index contributed by atoms with van der Waals surface area (Å²) in [6.07, 6.45) is 4.37. The number of Topliss-reactive ketones (excluding diaryl/α,β-unsaturated/α-hetero) is 2. The second-order valence-electron chi connectivity index (χ2n) is 4.80. The van der Waals surface area contributed by atoms with Crippen LogP contribution in [0.4, 0.5) is 0 Å². The van der Waals surface area contributed by atoms with Crippen LogP contribution in [0.15, 0.2) is 53.2 Å². The van der Waals surface area contributed by atoms with Crippen molar-refractivity contribution in [3.8, 4) is 0 Å². The number of azide groups is 1. The zero-order valence-corrected chi connectivity index (χ0v) is 10.8. The predicted molar refractivity (Wildman–Crippen MR) is 73.5 cm³/mol. The van der Waals surface area contributed by atoms with E-state index in [9.17, 15) is 14.4 Å². The van der Waals surface area contributed by atoms with Gasteiger partial charge in [0.25, 0.3) is 0 Å². The lowest BCUT2D eigenvalue weighted by Gasteiger charge is -2.29. The highest BCUT2D eigenvalue weighted by Gasteiger charge is 2.40. The van der Waals surface area contributed by atoms with Crippen LogP contribution in [0.25, 0.3) is 10.4 Å². The molecule has 102 valence electrons. The van der Waals surface area contributed by atoms with E-state index in [-0.39, 0.29) is 17.1 Å². The number of carbonyl (C=O) groups excluding carboxylic acids is 3. The molecule has 6 nitrogen and oxygen atoms in total.